The Morgan fingerprint density at radius 2 is 2.27 bits per heavy atom. The van der Waals surface area contributed by atoms with Gasteiger partial charge in [-0.1, -0.05) is 0 Å². The van der Waals surface area contributed by atoms with Crippen LogP contribution in [0.15, 0.2) is 0 Å². The highest BCUT2D eigenvalue weighted by Crippen LogP contribution is 2.32. The summed E-state index contributed by atoms with van der Waals surface area (Å²) in [6.45, 7) is 0.569. The summed E-state index contributed by atoms with van der Waals surface area (Å²) in [6, 6.07) is -0.319. The summed E-state index contributed by atoms with van der Waals surface area (Å²) in [5.41, 5.74) is 0. The number of carboxylic acid groups (broad SMARTS) is 1. The van der Waals surface area contributed by atoms with Gasteiger partial charge in [0.1, 0.15) is 6.04 Å². The Kier molecular flexibility index (Phi) is 2.90. The Morgan fingerprint density at radius 1 is 1.53 bits per heavy atom. The summed E-state index contributed by atoms with van der Waals surface area (Å²) in [5.74, 6) is -0.415. The monoisotopic (exact) mass is 212 g/mol. The number of carboxylic acids is 1. The van der Waals surface area contributed by atoms with Crippen LogP contribution in [0.5, 0.6) is 0 Å². The molecule has 1 aliphatic heterocycles. The van der Waals surface area contributed by atoms with E-state index in [0.717, 1.165) is 19.3 Å². The molecule has 5 heteroatoms. The van der Waals surface area contributed by atoms with Crippen molar-refractivity contribution in [3.05, 3.63) is 0 Å². The predicted molar refractivity (Wildman–Crippen MR) is 53.3 cm³/mol. The molecule has 5 nitrogen and oxygen atoms in total. The molecule has 3 N–H and O–H groups in total. The lowest BCUT2D eigenvalue weighted by atomic mass is 10.1. The Bertz CT molecular complexity index is 276. The highest BCUT2D eigenvalue weighted by Gasteiger charge is 2.36. The quantitative estimate of drug-likeness (QED) is 0.585. The van der Waals surface area contributed by atoms with Crippen LogP contribution in [0.1, 0.15) is 25.7 Å². The summed E-state index contributed by atoms with van der Waals surface area (Å²) in [6.07, 6.45) is 3.37. The molecule has 2 aliphatic rings. The van der Waals surface area contributed by atoms with Crippen LogP contribution >= 0.6 is 0 Å². The maximum atomic E-state index is 10.9. The van der Waals surface area contributed by atoms with Crippen molar-refractivity contribution in [3.63, 3.8) is 0 Å². The van der Waals surface area contributed by atoms with E-state index in [9.17, 15) is 9.59 Å². The molecule has 1 saturated heterocycles. The number of rotatable bonds is 5. The molecule has 2 atom stereocenters. The van der Waals surface area contributed by atoms with Gasteiger partial charge in [0.15, 0.2) is 0 Å². The molecule has 2 fully saturated rings. The van der Waals surface area contributed by atoms with E-state index in [2.05, 4.69) is 10.6 Å². The van der Waals surface area contributed by atoms with Crippen LogP contribution < -0.4 is 10.6 Å². The minimum atomic E-state index is -0.776. The first kappa shape index (κ1) is 10.4. The Morgan fingerprint density at radius 3 is 2.73 bits per heavy atom. The second-order valence-corrected chi connectivity index (χ2v) is 4.36. The molecule has 0 aromatic heterocycles. The van der Waals surface area contributed by atoms with E-state index in [1.54, 1.807) is 0 Å². The van der Waals surface area contributed by atoms with E-state index in [-0.39, 0.29) is 11.9 Å². The molecule has 0 aromatic rings. The third kappa shape index (κ3) is 2.68. The minimum Gasteiger partial charge on any atom is -0.480 e. The topological polar surface area (TPSA) is 78.4 Å². The lowest BCUT2D eigenvalue weighted by Crippen LogP contribution is -2.45. The van der Waals surface area contributed by atoms with Gasteiger partial charge >= 0.3 is 5.97 Å². The number of aliphatic carboxylic acids is 1. The highest BCUT2D eigenvalue weighted by molar-refractivity contribution is 5.78. The van der Waals surface area contributed by atoms with E-state index < -0.39 is 12.0 Å². The maximum Gasteiger partial charge on any atom is 0.320 e. The molecular weight excluding hydrogens is 196 g/mol. The number of carbonyl (C=O) groups excluding carboxylic acids is 1. The molecule has 2 rings (SSSR count). The van der Waals surface area contributed by atoms with Crippen LogP contribution in [0.2, 0.25) is 0 Å². The van der Waals surface area contributed by atoms with Crippen molar-refractivity contribution in [2.24, 2.45) is 5.92 Å². The largest absolute Gasteiger partial charge is 0.480 e. The van der Waals surface area contributed by atoms with Crippen molar-refractivity contribution in [2.45, 2.75) is 37.8 Å². The predicted octanol–water partition coefficient (Wildman–Crippen LogP) is -0.282. The fraction of sp³-hybridized carbons (Fsp3) is 0.800. The molecule has 0 bridgehead atoms. The van der Waals surface area contributed by atoms with Gasteiger partial charge < -0.3 is 15.7 Å². The molecular formula is C10H16N2O3. The van der Waals surface area contributed by atoms with Gasteiger partial charge in [0.25, 0.3) is 0 Å². The van der Waals surface area contributed by atoms with Crippen LogP contribution in [0, 0.1) is 5.92 Å². The molecule has 0 aromatic carbocycles. The smallest absolute Gasteiger partial charge is 0.320 e. The summed E-state index contributed by atoms with van der Waals surface area (Å²) in [4.78, 5) is 21.8. The van der Waals surface area contributed by atoms with E-state index in [4.69, 9.17) is 5.11 Å². The lowest BCUT2D eigenvalue weighted by molar-refractivity contribution is -0.140. The second-order valence-electron chi connectivity index (χ2n) is 4.36. The van der Waals surface area contributed by atoms with Crippen molar-refractivity contribution in [2.75, 3.05) is 6.54 Å². The maximum absolute atomic E-state index is 10.9. The van der Waals surface area contributed by atoms with Crippen molar-refractivity contribution in [1.29, 1.82) is 0 Å². The number of hydrogen-bond donors (Lipinski definition) is 3. The molecule has 2 unspecified atom stereocenters. The van der Waals surface area contributed by atoms with Crippen molar-refractivity contribution in [3.8, 4) is 0 Å². The normalized spacial score (nSPS) is 27.5. The van der Waals surface area contributed by atoms with E-state index in [1.807, 2.05) is 0 Å². The average Bonchev–Trinajstić information content (AvgIpc) is 2.90. The van der Waals surface area contributed by atoms with Gasteiger partial charge in [-0.2, -0.15) is 0 Å². The Balaban J connectivity index is 1.75. The van der Waals surface area contributed by atoms with Gasteiger partial charge in [-0.25, -0.2) is 0 Å². The first-order valence-corrected chi connectivity index (χ1v) is 5.42. The number of nitrogens with one attached hydrogen (secondary N) is 2. The third-order valence-electron chi connectivity index (χ3n) is 3.03. The first-order valence-electron chi connectivity index (χ1n) is 5.42. The van der Waals surface area contributed by atoms with Gasteiger partial charge in [-0.05, 0) is 25.2 Å². The third-order valence-corrected chi connectivity index (χ3v) is 3.03. The summed E-state index contributed by atoms with van der Waals surface area (Å²) < 4.78 is 0. The molecule has 84 valence electrons. The minimum absolute atomic E-state index is 0.0695. The summed E-state index contributed by atoms with van der Waals surface area (Å²) in [5, 5.41) is 14.8. The van der Waals surface area contributed by atoms with Crippen LogP contribution in [0.25, 0.3) is 0 Å². The Hall–Kier alpha value is -1.10. The molecule has 0 radical (unpaired) electrons. The van der Waals surface area contributed by atoms with Crippen molar-refractivity contribution in [1.82, 2.24) is 10.6 Å². The van der Waals surface area contributed by atoms with Gasteiger partial charge in [0.2, 0.25) is 5.91 Å². The number of hydrogen-bond acceptors (Lipinski definition) is 3. The lowest BCUT2D eigenvalue weighted by Gasteiger charge is -2.16. The van der Waals surface area contributed by atoms with Crippen molar-refractivity contribution < 1.29 is 14.7 Å². The van der Waals surface area contributed by atoms with Crippen LogP contribution in [-0.4, -0.2) is 35.6 Å². The molecule has 15 heavy (non-hydrogen) atoms. The van der Waals surface area contributed by atoms with E-state index in [1.165, 1.54) is 0 Å². The van der Waals surface area contributed by atoms with Gasteiger partial charge in [0.05, 0.1) is 0 Å². The zero-order valence-corrected chi connectivity index (χ0v) is 8.53. The molecule has 1 amide bonds. The Labute approximate surface area is 88.2 Å². The van der Waals surface area contributed by atoms with Crippen LogP contribution in [0.4, 0.5) is 0 Å². The molecule has 1 heterocycles. The number of amides is 1. The average molecular weight is 212 g/mol. The molecule has 1 aliphatic carbocycles. The van der Waals surface area contributed by atoms with E-state index in [0.29, 0.717) is 18.9 Å². The summed E-state index contributed by atoms with van der Waals surface area (Å²) >= 11 is 0. The zero-order valence-electron chi connectivity index (χ0n) is 8.53. The van der Waals surface area contributed by atoms with Crippen molar-refractivity contribution >= 4 is 11.9 Å². The fourth-order valence-electron chi connectivity index (χ4n) is 1.98. The van der Waals surface area contributed by atoms with Gasteiger partial charge in [0, 0.05) is 19.0 Å². The highest BCUT2D eigenvalue weighted by atomic mass is 16.4. The van der Waals surface area contributed by atoms with Crippen LogP contribution in [-0.2, 0) is 9.59 Å². The molecule has 1 saturated carbocycles. The first-order chi connectivity index (χ1) is 7.16. The zero-order chi connectivity index (χ0) is 10.8. The van der Waals surface area contributed by atoms with Gasteiger partial charge in [-0.3, -0.25) is 9.59 Å². The van der Waals surface area contributed by atoms with Crippen LogP contribution in [0.3, 0.4) is 0 Å². The molecule has 0 spiro atoms. The number of carbonyl (C=O) groups is 2. The standard InChI is InChI=1S/C10H16N2O3/c13-8-4-3-7(12-8)5-11-9(10(14)15)6-1-2-6/h6-7,9,11H,1-5H2,(H,12,13)(H,14,15). The van der Waals surface area contributed by atoms with E-state index >= 15 is 0 Å². The SMILES string of the molecule is O=C1CCC(CNC(C(=O)O)C2CC2)N1. The fourth-order valence-corrected chi connectivity index (χ4v) is 1.98. The summed E-state index contributed by atoms with van der Waals surface area (Å²) in [7, 11) is 0. The second kappa shape index (κ2) is 4.18. The van der Waals surface area contributed by atoms with Gasteiger partial charge in [-0.15, -0.1) is 0 Å².